The highest BCUT2D eigenvalue weighted by atomic mass is 28.4. The van der Waals surface area contributed by atoms with E-state index in [1.807, 2.05) is 37.3 Å². The highest BCUT2D eigenvalue weighted by molar-refractivity contribution is 6.74. The number of Topliss-reactive ketones (excluding diaryl/α,β-unsaturated/α-hetero) is 1. The Kier molecular flexibility index (Phi) is 7.03. The molecule has 1 aromatic rings. The molecular weight excluding hydrogens is 356 g/mol. The van der Waals surface area contributed by atoms with Crippen molar-refractivity contribution in [2.75, 3.05) is 6.61 Å². The Hall–Kier alpha value is -1.46. The fraction of sp³-hybridized carbons (Fsp3) is 0.636. The minimum absolute atomic E-state index is 0.0217. The van der Waals surface area contributed by atoms with Gasteiger partial charge in [-0.15, -0.1) is 0 Å². The van der Waals surface area contributed by atoms with Gasteiger partial charge in [-0.2, -0.15) is 0 Å². The van der Waals surface area contributed by atoms with E-state index < -0.39 is 8.32 Å². The zero-order valence-electron chi connectivity index (χ0n) is 17.6. The summed E-state index contributed by atoms with van der Waals surface area (Å²) in [6.45, 7) is 13.2. The van der Waals surface area contributed by atoms with Crippen molar-refractivity contribution in [2.45, 2.75) is 71.2 Å². The molecule has 4 nitrogen and oxygen atoms in total. The van der Waals surface area contributed by atoms with Crippen molar-refractivity contribution in [3.8, 4) is 0 Å². The van der Waals surface area contributed by atoms with Gasteiger partial charge in [-0.25, -0.2) is 0 Å². The minimum Gasteiger partial charge on any atom is -0.466 e. The molecule has 1 aliphatic carbocycles. The zero-order chi connectivity index (χ0) is 20.2. The molecule has 0 amide bonds. The Labute approximate surface area is 164 Å². The van der Waals surface area contributed by atoms with Crippen LogP contribution >= 0.6 is 0 Å². The van der Waals surface area contributed by atoms with Crippen LogP contribution in [0.25, 0.3) is 0 Å². The highest BCUT2D eigenvalue weighted by Gasteiger charge is 2.47. The smallest absolute Gasteiger partial charge is 0.306 e. The number of esters is 1. The number of rotatable bonds is 7. The van der Waals surface area contributed by atoms with Gasteiger partial charge in [0.2, 0.25) is 0 Å². The molecule has 1 fully saturated rings. The SMILES string of the molecule is CCOC(=O)C[C@H]1CCC(=O)[C@@H]1[C@H](O[Si](C)(C)C(C)(C)C)c1ccccc1. The molecule has 0 unspecified atom stereocenters. The second kappa shape index (κ2) is 8.70. The summed E-state index contributed by atoms with van der Waals surface area (Å²) in [7, 11) is -2.10. The molecule has 0 radical (unpaired) electrons. The second-order valence-corrected chi connectivity index (χ2v) is 13.8. The molecule has 0 bridgehead atoms. The number of hydrogen-bond donors (Lipinski definition) is 0. The van der Waals surface area contributed by atoms with Gasteiger partial charge in [0.05, 0.1) is 18.6 Å². The first-order valence-corrected chi connectivity index (χ1v) is 12.9. The summed E-state index contributed by atoms with van der Waals surface area (Å²) >= 11 is 0. The van der Waals surface area contributed by atoms with Gasteiger partial charge in [0.15, 0.2) is 8.32 Å². The van der Waals surface area contributed by atoms with Crippen LogP contribution in [0.5, 0.6) is 0 Å². The first-order valence-electron chi connectivity index (χ1n) is 9.98. The maximum absolute atomic E-state index is 12.9. The number of ketones is 1. The third-order valence-electron chi connectivity index (χ3n) is 6.06. The molecule has 3 atom stereocenters. The Balaban J connectivity index is 2.36. The van der Waals surface area contributed by atoms with Crippen molar-refractivity contribution in [1.29, 1.82) is 0 Å². The van der Waals surface area contributed by atoms with E-state index >= 15 is 0 Å². The van der Waals surface area contributed by atoms with E-state index in [2.05, 4.69) is 33.9 Å². The van der Waals surface area contributed by atoms with Gasteiger partial charge >= 0.3 is 5.97 Å². The van der Waals surface area contributed by atoms with Crippen LogP contribution in [0.2, 0.25) is 18.1 Å². The third-order valence-corrected chi connectivity index (χ3v) is 10.5. The van der Waals surface area contributed by atoms with E-state index in [-0.39, 0.29) is 41.2 Å². The van der Waals surface area contributed by atoms with Crippen LogP contribution in [-0.2, 0) is 18.8 Å². The Bertz CT molecular complexity index is 648. The summed E-state index contributed by atoms with van der Waals surface area (Å²) < 4.78 is 11.9. The Morgan fingerprint density at radius 2 is 1.85 bits per heavy atom. The number of carbonyl (C=O) groups is 2. The first-order chi connectivity index (χ1) is 12.6. The lowest BCUT2D eigenvalue weighted by molar-refractivity contribution is -0.145. The van der Waals surface area contributed by atoms with E-state index in [1.54, 1.807) is 0 Å². The van der Waals surface area contributed by atoms with Crippen LogP contribution in [0.4, 0.5) is 0 Å². The van der Waals surface area contributed by atoms with Crippen molar-refractivity contribution in [1.82, 2.24) is 0 Å². The fourth-order valence-corrected chi connectivity index (χ4v) is 4.77. The largest absolute Gasteiger partial charge is 0.466 e. The van der Waals surface area contributed by atoms with Gasteiger partial charge in [0, 0.05) is 12.8 Å². The molecule has 2 rings (SSSR count). The van der Waals surface area contributed by atoms with E-state index in [1.165, 1.54) is 0 Å². The van der Waals surface area contributed by atoms with Crippen molar-refractivity contribution in [3.63, 3.8) is 0 Å². The number of ether oxygens (including phenoxy) is 1. The molecular formula is C22H34O4Si. The molecule has 0 heterocycles. The van der Waals surface area contributed by atoms with E-state index in [0.717, 1.165) is 12.0 Å². The van der Waals surface area contributed by atoms with Crippen molar-refractivity contribution < 1.29 is 18.8 Å². The summed E-state index contributed by atoms with van der Waals surface area (Å²) in [6.07, 6.45) is 1.22. The van der Waals surface area contributed by atoms with Crippen LogP contribution in [0.3, 0.4) is 0 Å². The zero-order valence-corrected chi connectivity index (χ0v) is 18.6. The summed E-state index contributed by atoms with van der Waals surface area (Å²) in [4.78, 5) is 24.9. The standard InChI is InChI=1S/C22H34O4Si/c1-7-25-19(24)15-17-13-14-18(23)20(17)21(16-11-9-8-10-12-16)26-27(5,6)22(2,3)4/h8-12,17,20-21H,7,13-15H2,1-6H3/t17-,20-,21-/m1/s1. The quantitative estimate of drug-likeness (QED) is 0.468. The van der Waals surface area contributed by atoms with Gasteiger partial charge in [-0.05, 0) is 43.0 Å². The van der Waals surface area contributed by atoms with E-state index in [9.17, 15) is 9.59 Å². The minimum atomic E-state index is -2.10. The molecule has 5 heteroatoms. The summed E-state index contributed by atoms with van der Waals surface area (Å²) in [6, 6.07) is 10.0. The summed E-state index contributed by atoms with van der Waals surface area (Å²) in [5.41, 5.74) is 1.02. The van der Waals surface area contributed by atoms with Gasteiger partial charge in [-0.3, -0.25) is 9.59 Å². The molecule has 0 spiro atoms. The van der Waals surface area contributed by atoms with Gasteiger partial charge in [0.1, 0.15) is 5.78 Å². The molecule has 1 saturated carbocycles. The molecule has 1 aromatic carbocycles. The predicted molar refractivity (Wildman–Crippen MR) is 110 cm³/mol. The summed E-state index contributed by atoms with van der Waals surface area (Å²) in [5.74, 6) is -0.323. The maximum atomic E-state index is 12.9. The van der Waals surface area contributed by atoms with E-state index in [0.29, 0.717) is 13.0 Å². The highest BCUT2D eigenvalue weighted by Crippen LogP contribution is 2.47. The average molecular weight is 391 g/mol. The van der Waals surface area contributed by atoms with Crippen LogP contribution in [0.15, 0.2) is 30.3 Å². The van der Waals surface area contributed by atoms with E-state index in [4.69, 9.17) is 9.16 Å². The molecule has 0 saturated heterocycles. The average Bonchev–Trinajstić information content (AvgIpc) is 2.93. The molecule has 0 N–H and O–H groups in total. The van der Waals surface area contributed by atoms with Crippen LogP contribution < -0.4 is 0 Å². The Morgan fingerprint density at radius 1 is 1.22 bits per heavy atom. The molecule has 150 valence electrons. The molecule has 0 aromatic heterocycles. The maximum Gasteiger partial charge on any atom is 0.306 e. The van der Waals surface area contributed by atoms with Gasteiger partial charge < -0.3 is 9.16 Å². The normalized spacial score (nSPS) is 21.9. The number of hydrogen-bond acceptors (Lipinski definition) is 4. The fourth-order valence-electron chi connectivity index (χ4n) is 3.50. The first kappa shape index (κ1) is 21.8. The second-order valence-electron chi connectivity index (χ2n) is 9.01. The molecule has 0 aliphatic heterocycles. The van der Waals surface area contributed by atoms with Crippen LogP contribution in [0.1, 0.15) is 58.6 Å². The third kappa shape index (κ3) is 5.29. The van der Waals surface area contributed by atoms with Gasteiger partial charge in [0.25, 0.3) is 0 Å². The van der Waals surface area contributed by atoms with Crippen molar-refractivity contribution in [3.05, 3.63) is 35.9 Å². The Morgan fingerprint density at radius 3 is 2.41 bits per heavy atom. The summed E-state index contributed by atoms with van der Waals surface area (Å²) in [5, 5.41) is 0.0400. The lowest BCUT2D eigenvalue weighted by Crippen LogP contribution is -2.44. The molecule has 1 aliphatic rings. The monoisotopic (exact) mass is 390 g/mol. The van der Waals surface area contributed by atoms with Crippen LogP contribution in [-0.4, -0.2) is 26.7 Å². The lowest BCUT2D eigenvalue weighted by atomic mass is 9.84. The van der Waals surface area contributed by atoms with Crippen molar-refractivity contribution >= 4 is 20.1 Å². The lowest BCUT2D eigenvalue weighted by Gasteiger charge is -2.41. The van der Waals surface area contributed by atoms with Crippen molar-refractivity contribution in [2.24, 2.45) is 11.8 Å². The van der Waals surface area contributed by atoms with Crippen LogP contribution in [0, 0.1) is 11.8 Å². The predicted octanol–water partition coefficient (Wildman–Crippen LogP) is 5.30. The number of carbonyl (C=O) groups excluding carboxylic acids is 2. The molecule has 27 heavy (non-hydrogen) atoms. The topological polar surface area (TPSA) is 52.6 Å². The van der Waals surface area contributed by atoms with Gasteiger partial charge in [-0.1, -0.05) is 51.1 Å². The number of benzene rings is 1.